The van der Waals surface area contributed by atoms with Gasteiger partial charge >= 0.3 is 0 Å². The molecule has 0 N–H and O–H groups in total. The quantitative estimate of drug-likeness (QED) is 0.762. The number of aryl methyl sites for hydroxylation is 1. The Balaban J connectivity index is 1.90. The molecule has 1 aromatic heterocycles. The monoisotopic (exact) mass is 253 g/mol. The summed E-state index contributed by atoms with van der Waals surface area (Å²) in [5.74, 6) is -0.550. The van der Waals surface area contributed by atoms with Crippen molar-refractivity contribution in [2.45, 2.75) is 13.5 Å². The standard InChI is InChI=1S/C14H11N3O2/c1-9-6-16-10(7-15-9)8-17-13(18)11-4-2-3-5-12(11)14(17)19/h2-7H,8H2,1H3. The third-order valence-electron chi connectivity index (χ3n) is 3.03. The summed E-state index contributed by atoms with van der Waals surface area (Å²) in [7, 11) is 0. The van der Waals surface area contributed by atoms with Gasteiger partial charge in [-0.15, -0.1) is 0 Å². The molecule has 0 fully saturated rings. The first kappa shape index (κ1) is 11.5. The van der Waals surface area contributed by atoms with E-state index in [9.17, 15) is 9.59 Å². The number of hydrogen-bond donors (Lipinski definition) is 0. The number of rotatable bonds is 2. The van der Waals surface area contributed by atoms with Gasteiger partial charge in [0, 0.05) is 6.20 Å². The molecule has 0 spiro atoms. The molecule has 94 valence electrons. The van der Waals surface area contributed by atoms with Crippen molar-refractivity contribution in [1.29, 1.82) is 0 Å². The molecule has 2 heterocycles. The molecule has 1 aliphatic heterocycles. The van der Waals surface area contributed by atoms with Crippen LogP contribution in [-0.2, 0) is 6.54 Å². The molecule has 2 amide bonds. The van der Waals surface area contributed by atoms with Crippen LogP contribution in [0, 0.1) is 6.92 Å². The van der Waals surface area contributed by atoms with E-state index in [1.807, 2.05) is 6.92 Å². The molecule has 3 rings (SSSR count). The van der Waals surface area contributed by atoms with Gasteiger partial charge in [-0.25, -0.2) is 0 Å². The minimum atomic E-state index is -0.275. The Bertz CT molecular complexity index is 630. The normalized spacial score (nSPS) is 13.8. The Morgan fingerprint density at radius 3 is 2.16 bits per heavy atom. The molecular formula is C14H11N3O2. The molecule has 0 atom stereocenters. The van der Waals surface area contributed by atoms with E-state index < -0.39 is 0 Å². The summed E-state index contributed by atoms with van der Waals surface area (Å²) in [6, 6.07) is 6.82. The molecule has 0 saturated heterocycles. The molecular weight excluding hydrogens is 242 g/mol. The van der Waals surface area contributed by atoms with Crippen LogP contribution >= 0.6 is 0 Å². The van der Waals surface area contributed by atoms with Crippen LogP contribution in [0.3, 0.4) is 0 Å². The van der Waals surface area contributed by atoms with E-state index in [2.05, 4.69) is 9.97 Å². The predicted molar refractivity (Wildman–Crippen MR) is 67.4 cm³/mol. The molecule has 5 nitrogen and oxygen atoms in total. The molecule has 0 saturated carbocycles. The fourth-order valence-corrected chi connectivity index (χ4v) is 2.05. The number of fused-ring (bicyclic) bond motifs is 1. The molecule has 0 radical (unpaired) electrons. The molecule has 0 unspecified atom stereocenters. The lowest BCUT2D eigenvalue weighted by Crippen LogP contribution is -2.29. The van der Waals surface area contributed by atoms with Crippen LogP contribution in [-0.4, -0.2) is 26.7 Å². The molecule has 1 aromatic carbocycles. The van der Waals surface area contributed by atoms with Gasteiger partial charge in [0.25, 0.3) is 11.8 Å². The summed E-state index contributed by atoms with van der Waals surface area (Å²) in [6.45, 7) is 1.98. The maximum Gasteiger partial charge on any atom is 0.261 e. The smallest absolute Gasteiger partial charge is 0.261 e. The highest BCUT2D eigenvalue weighted by atomic mass is 16.2. The van der Waals surface area contributed by atoms with Crippen LogP contribution in [0.4, 0.5) is 0 Å². The Labute approximate surface area is 109 Å². The first-order chi connectivity index (χ1) is 9.16. The maximum absolute atomic E-state index is 12.1. The van der Waals surface area contributed by atoms with Gasteiger partial charge in [-0.05, 0) is 19.1 Å². The Morgan fingerprint density at radius 2 is 1.63 bits per heavy atom. The van der Waals surface area contributed by atoms with E-state index in [-0.39, 0.29) is 18.4 Å². The van der Waals surface area contributed by atoms with Crippen LogP contribution in [0.5, 0.6) is 0 Å². The van der Waals surface area contributed by atoms with Gasteiger partial charge < -0.3 is 0 Å². The molecule has 5 heteroatoms. The van der Waals surface area contributed by atoms with Crippen LogP contribution in [0.2, 0.25) is 0 Å². The lowest BCUT2D eigenvalue weighted by Gasteiger charge is -2.12. The molecule has 1 aliphatic rings. The third-order valence-corrected chi connectivity index (χ3v) is 3.03. The number of nitrogens with zero attached hydrogens (tertiary/aromatic N) is 3. The highest BCUT2D eigenvalue weighted by Crippen LogP contribution is 2.23. The zero-order valence-corrected chi connectivity index (χ0v) is 10.3. The fourth-order valence-electron chi connectivity index (χ4n) is 2.05. The third kappa shape index (κ3) is 1.89. The van der Waals surface area contributed by atoms with E-state index in [1.165, 1.54) is 4.90 Å². The number of amides is 2. The summed E-state index contributed by atoms with van der Waals surface area (Å²) < 4.78 is 0. The van der Waals surface area contributed by atoms with Crippen molar-refractivity contribution in [2.24, 2.45) is 0 Å². The SMILES string of the molecule is Cc1cnc(CN2C(=O)c3ccccc3C2=O)cn1. The van der Waals surface area contributed by atoms with Crippen LogP contribution < -0.4 is 0 Å². The molecule has 19 heavy (non-hydrogen) atoms. The van der Waals surface area contributed by atoms with Crippen molar-refractivity contribution >= 4 is 11.8 Å². The lowest BCUT2D eigenvalue weighted by atomic mass is 10.1. The molecule has 2 aromatic rings. The predicted octanol–water partition coefficient (Wildman–Crippen LogP) is 1.58. The zero-order chi connectivity index (χ0) is 13.4. The number of imide groups is 1. The lowest BCUT2D eigenvalue weighted by molar-refractivity contribution is 0.0640. The fraction of sp³-hybridized carbons (Fsp3) is 0.143. The van der Waals surface area contributed by atoms with E-state index in [0.717, 1.165) is 5.69 Å². The van der Waals surface area contributed by atoms with Gasteiger partial charge in [0.05, 0.1) is 35.3 Å². The summed E-state index contributed by atoms with van der Waals surface area (Å²) in [6.07, 6.45) is 3.20. The van der Waals surface area contributed by atoms with Gasteiger partial charge in [0.2, 0.25) is 0 Å². The number of benzene rings is 1. The summed E-state index contributed by atoms with van der Waals surface area (Å²) in [4.78, 5) is 33.7. The number of carbonyl (C=O) groups excluding carboxylic acids is 2. The van der Waals surface area contributed by atoms with Crippen molar-refractivity contribution < 1.29 is 9.59 Å². The van der Waals surface area contributed by atoms with Crippen molar-refractivity contribution in [3.63, 3.8) is 0 Å². The first-order valence-corrected chi connectivity index (χ1v) is 5.89. The van der Waals surface area contributed by atoms with E-state index in [4.69, 9.17) is 0 Å². The zero-order valence-electron chi connectivity index (χ0n) is 10.3. The van der Waals surface area contributed by atoms with E-state index in [1.54, 1.807) is 36.7 Å². The van der Waals surface area contributed by atoms with Gasteiger partial charge in [-0.3, -0.25) is 24.5 Å². The average molecular weight is 253 g/mol. The largest absolute Gasteiger partial charge is 0.269 e. The topological polar surface area (TPSA) is 63.2 Å². The van der Waals surface area contributed by atoms with Crippen molar-refractivity contribution in [3.8, 4) is 0 Å². The van der Waals surface area contributed by atoms with Crippen molar-refractivity contribution in [3.05, 3.63) is 59.2 Å². The number of hydrogen-bond acceptors (Lipinski definition) is 4. The van der Waals surface area contributed by atoms with Crippen LogP contribution in [0.1, 0.15) is 32.1 Å². The van der Waals surface area contributed by atoms with E-state index >= 15 is 0 Å². The second kappa shape index (κ2) is 4.28. The van der Waals surface area contributed by atoms with Gasteiger partial charge in [0.1, 0.15) is 0 Å². The summed E-state index contributed by atoms with van der Waals surface area (Å²) in [5.41, 5.74) is 2.30. The highest BCUT2D eigenvalue weighted by Gasteiger charge is 2.35. The highest BCUT2D eigenvalue weighted by molar-refractivity contribution is 6.21. The summed E-state index contributed by atoms with van der Waals surface area (Å²) in [5, 5.41) is 0. The van der Waals surface area contributed by atoms with Crippen LogP contribution in [0.25, 0.3) is 0 Å². The number of carbonyl (C=O) groups is 2. The van der Waals surface area contributed by atoms with Gasteiger partial charge in [-0.2, -0.15) is 0 Å². The van der Waals surface area contributed by atoms with Crippen molar-refractivity contribution in [2.75, 3.05) is 0 Å². The average Bonchev–Trinajstić information content (AvgIpc) is 2.67. The van der Waals surface area contributed by atoms with Crippen molar-refractivity contribution in [1.82, 2.24) is 14.9 Å². The second-order valence-corrected chi connectivity index (χ2v) is 4.39. The Morgan fingerprint density at radius 1 is 1.00 bits per heavy atom. The van der Waals surface area contributed by atoms with E-state index in [0.29, 0.717) is 16.8 Å². The molecule has 0 bridgehead atoms. The second-order valence-electron chi connectivity index (χ2n) is 4.39. The minimum Gasteiger partial charge on any atom is -0.269 e. The minimum absolute atomic E-state index is 0.152. The number of aromatic nitrogens is 2. The first-order valence-electron chi connectivity index (χ1n) is 5.89. The Hall–Kier alpha value is -2.56. The van der Waals surface area contributed by atoms with Gasteiger partial charge in [0.15, 0.2) is 0 Å². The summed E-state index contributed by atoms with van der Waals surface area (Å²) >= 11 is 0. The Kier molecular flexibility index (Phi) is 2.59. The maximum atomic E-state index is 12.1. The van der Waals surface area contributed by atoms with Gasteiger partial charge in [-0.1, -0.05) is 12.1 Å². The molecule has 0 aliphatic carbocycles. The van der Waals surface area contributed by atoms with Crippen LogP contribution in [0.15, 0.2) is 36.7 Å².